The van der Waals surface area contributed by atoms with Gasteiger partial charge in [-0.3, -0.25) is 0 Å². The molecule has 0 amide bonds. The number of rotatable bonds is 3. The van der Waals surface area contributed by atoms with E-state index >= 15 is 0 Å². The molecule has 0 spiro atoms. The van der Waals surface area contributed by atoms with Gasteiger partial charge in [0.1, 0.15) is 17.5 Å². The van der Waals surface area contributed by atoms with Crippen LogP contribution in [-0.2, 0) is 0 Å². The number of carboxylic acids is 1. The molecule has 2 nitrogen and oxygen atoms in total. The highest BCUT2D eigenvalue weighted by Crippen LogP contribution is 2.40. The number of thioether (sulfide) groups is 1. The number of halogens is 3. The lowest BCUT2D eigenvalue weighted by molar-refractivity contribution is 0.0697. The smallest absolute Gasteiger partial charge is 0.335 e. The Morgan fingerprint density at radius 1 is 0.958 bits per heavy atom. The van der Waals surface area contributed by atoms with Gasteiger partial charge in [0.15, 0.2) is 0 Å². The number of carbonyl (C=O) groups is 1. The third-order valence-corrected chi connectivity index (χ3v) is 4.49. The van der Waals surface area contributed by atoms with E-state index in [2.05, 4.69) is 0 Å². The van der Waals surface area contributed by atoms with Crippen LogP contribution in [0, 0.1) is 17.5 Å². The summed E-state index contributed by atoms with van der Waals surface area (Å²) in [5.41, 5.74) is -0.142. The Hall–Kier alpha value is -2.47. The monoisotopic (exact) mass is 348 g/mol. The Morgan fingerprint density at radius 2 is 1.58 bits per heavy atom. The molecule has 0 unspecified atom stereocenters. The molecule has 122 valence electrons. The van der Waals surface area contributed by atoms with Crippen LogP contribution in [0.2, 0.25) is 0 Å². The van der Waals surface area contributed by atoms with E-state index in [-0.39, 0.29) is 16.7 Å². The van der Waals surface area contributed by atoms with Gasteiger partial charge in [-0.1, -0.05) is 12.1 Å². The number of fused-ring (bicyclic) bond motifs is 1. The molecule has 0 radical (unpaired) electrons. The van der Waals surface area contributed by atoms with Gasteiger partial charge in [0.2, 0.25) is 0 Å². The van der Waals surface area contributed by atoms with Crippen LogP contribution in [0.1, 0.15) is 10.4 Å². The lowest BCUT2D eigenvalue weighted by Crippen LogP contribution is -1.98. The molecule has 24 heavy (non-hydrogen) atoms. The summed E-state index contributed by atoms with van der Waals surface area (Å²) in [6.45, 7) is 0. The highest BCUT2D eigenvalue weighted by atomic mass is 32.2. The van der Waals surface area contributed by atoms with Crippen LogP contribution in [0.3, 0.4) is 0 Å². The van der Waals surface area contributed by atoms with E-state index in [4.69, 9.17) is 0 Å². The second kappa shape index (κ2) is 6.20. The van der Waals surface area contributed by atoms with Crippen LogP contribution in [-0.4, -0.2) is 17.3 Å². The van der Waals surface area contributed by atoms with Gasteiger partial charge in [-0.15, -0.1) is 11.8 Å². The second-order valence-electron chi connectivity index (χ2n) is 5.13. The van der Waals surface area contributed by atoms with E-state index in [1.165, 1.54) is 23.9 Å². The zero-order valence-electron chi connectivity index (χ0n) is 12.4. The van der Waals surface area contributed by atoms with Crippen LogP contribution in [0.5, 0.6) is 0 Å². The van der Waals surface area contributed by atoms with Gasteiger partial charge in [-0.05, 0) is 35.2 Å². The van der Waals surface area contributed by atoms with E-state index in [1.807, 2.05) is 0 Å². The predicted molar refractivity (Wildman–Crippen MR) is 88.0 cm³/mol. The summed E-state index contributed by atoms with van der Waals surface area (Å²) in [4.78, 5) is 11.8. The molecule has 6 heteroatoms. The minimum Gasteiger partial charge on any atom is -0.478 e. The van der Waals surface area contributed by atoms with Gasteiger partial charge in [0.05, 0.1) is 11.1 Å². The Labute approximate surface area is 139 Å². The van der Waals surface area contributed by atoms with Gasteiger partial charge < -0.3 is 5.11 Å². The van der Waals surface area contributed by atoms with Crippen molar-refractivity contribution in [2.45, 2.75) is 4.90 Å². The Morgan fingerprint density at radius 3 is 2.17 bits per heavy atom. The largest absolute Gasteiger partial charge is 0.478 e. The van der Waals surface area contributed by atoms with Crippen molar-refractivity contribution < 1.29 is 23.1 Å². The molecule has 0 aliphatic heterocycles. The number of hydrogen-bond donors (Lipinski definition) is 1. The fraction of sp³-hybridized carbons (Fsp3) is 0.0556. The average molecular weight is 348 g/mol. The topological polar surface area (TPSA) is 37.3 Å². The van der Waals surface area contributed by atoms with Crippen LogP contribution < -0.4 is 0 Å². The molecule has 0 aliphatic rings. The maximum absolute atomic E-state index is 14.3. The van der Waals surface area contributed by atoms with Crippen molar-refractivity contribution in [1.82, 2.24) is 0 Å². The third kappa shape index (κ3) is 2.73. The minimum atomic E-state index is -1.14. The first kappa shape index (κ1) is 16.4. The van der Waals surface area contributed by atoms with Crippen molar-refractivity contribution in [2.75, 3.05) is 6.26 Å². The number of carboxylic acid groups (broad SMARTS) is 1. The van der Waals surface area contributed by atoms with Crippen molar-refractivity contribution in [3.05, 3.63) is 65.5 Å². The van der Waals surface area contributed by atoms with E-state index in [0.29, 0.717) is 27.8 Å². The van der Waals surface area contributed by atoms with Gasteiger partial charge in [-0.2, -0.15) is 0 Å². The highest BCUT2D eigenvalue weighted by molar-refractivity contribution is 7.98. The van der Waals surface area contributed by atoms with E-state index < -0.39 is 23.4 Å². The summed E-state index contributed by atoms with van der Waals surface area (Å²) in [6, 6.07) is 9.04. The maximum atomic E-state index is 14.3. The lowest BCUT2D eigenvalue weighted by Gasteiger charge is -2.14. The molecular formula is C18H11F3O2S. The molecule has 0 aliphatic carbocycles. The van der Waals surface area contributed by atoms with Crippen molar-refractivity contribution >= 4 is 28.5 Å². The van der Waals surface area contributed by atoms with E-state index in [9.17, 15) is 23.1 Å². The summed E-state index contributed by atoms with van der Waals surface area (Å²) in [5, 5.41) is 10.2. The van der Waals surface area contributed by atoms with Crippen molar-refractivity contribution in [3.8, 4) is 11.1 Å². The lowest BCUT2D eigenvalue weighted by atomic mass is 9.95. The van der Waals surface area contributed by atoms with E-state index in [1.54, 1.807) is 24.5 Å². The molecule has 0 heterocycles. The fourth-order valence-corrected chi connectivity index (χ4v) is 3.26. The maximum Gasteiger partial charge on any atom is 0.335 e. The van der Waals surface area contributed by atoms with Crippen molar-refractivity contribution in [1.29, 1.82) is 0 Å². The Bertz CT molecular complexity index is 947. The summed E-state index contributed by atoms with van der Waals surface area (Å²) < 4.78 is 41.8. The SMILES string of the molecule is CSc1ccc2ccc(C(=O)O)cc2c1-c1c(F)cc(F)cc1F. The van der Waals surface area contributed by atoms with Gasteiger partial charge >= 0.3 is 5.97 Å². The molecule has 0 saturated carbocycles. The first-order valence-corrected chi connectivity index (χ1v) is 8.14. The Balaban J connectivity index is 2.45. The van der Waals surface area contributed by atoms with Gasteiger partial charge in [-0.25, -0.2) is 18.0 Å². The number of aromatic carboxylic acids is 1. The summed E-state index contributed by atoms with van der Waals surface area (Å²) >= 11 is 1.27. The molecule has 1 N–H and O–H groups in total. The molecular weight excluding hydrogens is 337 g/mol. The molecule has 3 rings (SSSR count). The van der Waals surface area contributed by atoms with Crippen molar-refractivity contribution in [2.24, 2.45) is 0 Å². The zero-order valence-corrected chi connectivity index (χ0v) is 13.3. The average Bonchev–Trinajstić information content (AvgIpc) is 2.53. The Kier molecular flexibility index (Phi) is 4.24. The predicted octanol–water partition coefficient (Wildman–Crippen LogP) is 5.34. The first-order valence-electron chi connectivity index (χ1n) is 6.91. The fourth-order valence-electron chi connectivity index (χ4n) is 2.64. The number of hydrogen-bond acceptors (Lipinski definition) is 2. The van der Waals surface area contributed by atoms with Crippen LogP contribution in [0.25, 0.3) is 21.9 Å². The molecule has 0 fully saturated rings. The molecule has 0 atom stereocenters. The van der Waals surface area contributed by atoms with Gasteiger partial charge in [0.25, 0.3) is 0 Å². The third-order valence-electron chi connectivity index (χ3n) is 3.71. The molecule has 0 saturated heterocycles. The van der Waals surface area contributed by atoms with Crippen LogP contribution in [0.15, 0.2) is 47.4 Å². The molecule has 3 aromatic rings. The molecule has 0 bridgehead atoms. The summed E-state index contributed by atoms with van der Waals surface area (Å²) in [7, 11) is 0. The minimum absolute atomic E-state index is 0.00457. The standard InChI is InChI=1S/C18H11F3O2S/c1-24-15-5-4-9-2-3-10(18(22)23)6-12(9)16(15)17-13(20)7-11(19)8-14(17)21/h2-8H,1H3,(H,22,23). The first-order chi connectivity index (χ1) is 11.4. The molecule has 0 aromatic heterocycles. The quantitative estimate of drug-likeness (QED) is 0.649. The van der Waals surface area contributed by atoms with E-state index in [0.717, 1.165) is 0 Å². The van der Waals surface area contributed by atoms with Crippen LogP contribution >= 0.6 is 11.8 Å². The summed E-state index contributed by atoms with van der Waals surface area (Å²) in [6.07, 6.45) is 1.74. The van der Waals surface area contributed by atoms with Crippen molar-refractivity contribution in [3.63, 3.8) is 0 Å². The normalized spacial score (nSPS) is 11.0. The molecule has 3 aromatic carbocycles. The zero-order chi connectivity index (χ0) is 17.4. The van der Waals surface area contributed by atoms with Crippen LogP contribution in [0.4, 0.5) is 13.2 Å². The number of benzene rings is 3. The highest BCUT2D eigenvalue weighted by Gasteiger charge is 2.20. The summed E-state index contributed by atoms with van der Waals surface area (Å²) in [5.74, 6) is -4.21. The second-order valence-corrected chi connectivity index (χ2v) is 5.98. The van der Waals surface area contributed by atoms with Gasteiger partial charge in [0, 0.05) is 22.6 Å².